The van der Waals surface area contributed by atoms with E-state index in [4.69, 9.17) is 4.74 Å². The monoisotopic (exact) mass is 473 g/mol. The Labute approximate surface area is 195 Å². The zero-order valence-corrected chi connectivity index (χ0v) is 20.5. The predicted octanol–water partition coefficient (Wildman–Crippen LogP) is 3.80. The van der Waals surface area contributed by atoms with Crippen LogP contribution in [0.4, 0.5) is 10.5 Å². The summed E-state index contributed by atoms with van der Waals surface area (Å²) < 4.78 is 33.7. The highest BCUT2D eigenvalue weighted by molar-refractivity contribution is 7.92. The van der Waals surface area contributed by atoms with Crippen LogP contribution in [0.25, 0.3) is 0 Å². The Morgan fingerprint density at radius 3 is 2.06 bits per heavy atom. The molecule has 33 heavy (non-hydrogen) atoms. The number of carbonyl (C=O) groups is 2. The van der Waals surface area contributed by atoms with Crippen molar-refractivity contribution in [3.8, 4) is 0 Å². The molecule has 178 valence electrons. The highest BCUT2D eigenvalue weighted by atomic mass is 32.2. The first-order chi connectivity index (χ1) is 15.4. The summed E-state index contributed by atoms with van der Waals surface area (Å²) in [5, 5.41) is 0. The van der Waals surface area contributed by atoms with Gasteiger partial charge in [0.1, 0.15) is 5.60 Å². The molecule has 0 spiro atoms. The first kappa shape index (κ1) is 24.6. The van der Waals surface area contributed by atoms with Crippen LogP contribution in [0.1, 0.15) is 42.3 Å². The molecule has 2 amide bonds. The highest BCUT2D eigenvalue weighted by Gasteiger charge is 2.29. The molecule has 1 saturated heterocycles. The molecule has 0 saturated carbocycles. The Morgan fingerprint density at radius 2 is 1.48 bits per heavy atom. The Morgan fingerprint density at radius 1 is 0.909 bits per heavy atom. The molecule has 0 atom stereocenters. The summed E-state index contributed by atoms with van der Waals surface area (Å²) in [4.78, 5) is 28.7. The summed E-state index contributed by atoms with van der Waals surface area (Å²) >= 11 is 0. The number of ether oxygens (including phenoxy) is 1. The summed E-state index contributed by atoms with van der Waals surface area (Å²) in [6.45, 7) is 10.5. The van der Waals surface area contributed by atoms with Gasteiger partial charge in [-0.15, -0.1) is 0 Å². The molecule has 1 aliphatic rings. The van der Waals surface area contributed by atoms with Gasteiger partial charge in [-0.05, 0) is 64.4 Å². The number of hydrogen-bond donors (Lipinski definition) is 1. The third-order valence-corrected chi connectivity index (χ3v) is 6.65. The van der Waals surface area contributed by atoms with Crippen molar-refractivity contribution in [2.75, 3.05) is 30.9 Å². The van der Waals surface area contributed by atoms with E-state index in [-0.39, 0.29) is 10.8 Å². The number of carbonyl (C=O) groups excluding carboxylic acids is 2. The molecule has 0 bridgehead atoms. The van der Waals surface area contributed by atoms with Crippen LogP contribution in [0.2, 0.25) is 0 Å². The SMILES string of the molecule is Cc1ccc(NS(=O)(=O)c2ccc(C)c(C(=O)N3CCN(C(=O)OC(C)(C)C)CC3)c2)cc1. The lowest BCUT2D eigenvalue weighted by Crippen LogP contribution is -2.51. The van der Waals surface area contributed by atoms with Gasteiger partial charge in [0.2, 0.25) is 0 Å². The number of anilines is 1. The van der Waals surface area contributed by atoms with Crippen LogP contribution in [0, 0.1) is 13.8 Å². The van der Waals surface area contributed by atoms with Gasteiger partial charge < -0.3 is 14.5 Å². The van der Waals surface area contributed by atoms with Crippen molar-refractivity contribution < 1.29 is 22.7 Å². The smallest absolute Gasteiger partial charge is 0.410 e. The van der Waals surface area contributed by atoms with E-state index in [1.165, 1.54) is 12.1 Å². The number of aryl methyl sites for hydroxylation is 2. The molecule has 3 rings (SSSR count). The third-order valence-electron chi connectivity index (χ3n) is 5.27. The number of nitrogens with one attached hydrogen (secondary N) is 1. The molecular formula is C24H31N3O5S. The molecule has 1 N–H and O–H groups in total. The normalized spacial score (nSPS) is 14.7. The second-order valence-electron chi connectivity index (χ2n) is 9.21. The average molecular weight is 474 g/mol. The standard InChI is InChI=1S/C24H31N3O5S/c1-17-6-9-19(10-7-17)25-33(30,31)20-11-8-18(2)21(16-20)22(28)26-12-14-27(15-13-26)23(29)32-24(3,4)5/h6-11,16,25H,12-15H2,1-5H3. The molecule has 1 fully saturated rings. The van der Waals surface area contributed by atoms with Crippen molar-refractivity contribution >= 4 is 27.7 Å². The largest absolute Gasteiger partial charge is 0.444 e. The Hall–Kier alpha value is -3.07. The van der Waals surface area contributed by atoms with Gasteiger partial charge in [-0.3, -0.25) is 9.52 Å². The van der Waals surface area contributed by atoms with Crippen molar-refractivity contribution in [3.05, 3.63) is 59.2 Å². The first-order valence-electron chi connectivity index (χ1n) is 10.8. The van der Waals surface area contributed by atoms with E-state index in [0.29, 0.717) is 43.0 Å². The number of piperazine rings is 1. The zero-order chi connectivity index (χ0) is 24.4. The molecule has 0 aliphatic carbocycles. The van der Waals surface area contributed by atoms with Crippen LogP contribution in [0.3, 0.4) is 0 Å². The van der Waals surface area contributed by atoms with Gasteiger partial charge in [-0.25, -0.2) is 13.2 Å². The molecule has 2 aromatic rings. The average Bonchev–Trinajstić information content (AvgIpc) is 2.74. The molecule has 9 heteroatoms. The number of sulfonamides is 1. The summed E-state index contributed by atoms with van der Waals surface area (Å²) in [6.07, 6.45) is -0.402. The molecule has 0 aromatic heterocycles. The minimum Gasteiger partial charge on any atom is -0.444 e. The van der Waals surface area contributed by atoms with E-state index >= 15 is 0 Å². The second kappa shape index (κ2) is 9.43. The molecule has 1 heterocycles. The summed E-state index contributed by atoms with van der Waals surface area (Å²) in [7, 11) is -3.86. The molecular weight excluding hydrogens is 442 g/mol. The molecule has 1 aliphatic heterocycles. The highest BCUT2D eigenvalue weighted by Crippen LogP contribution is 2.22. The van der Waals surface area contributed by atoms with Crippen molar-refractivity contribution in [1.29, 1.82) is 0 Å². The lowest BCUT2D eigenvalue weighted by molar-refractivity contribution is 0.0140. The van der Waals surface area contributed by atoms with Crippen molar-refractivity contribution in [3.63, 3.8) is 0 Å². The van der Waals surface area contributed by atoms with Crippen LogP contribution in [0.15, 0.2) is 47.4 Å². The fourth-order valence-corrected chi connectivity index (χ4v) is 4.51. The van der Waals surface area contributed by atoms with Gasteiger partial charge in [0.15, 0.2) is 0 Å². The van der Waals surface area contributed by atoms with E-state index < -0.39 is 21.7 Å². The molecule has 0 radical (unpaired) electrons. The maximum absolute atomic E-state index is 13.2. The number of nitrogens with zero attached hydrogens (tertiary/aromatic N) is 2. The Bertz CT molecular complexity index is 1130. The molecule has 0 unspecified atom stereocenters. The van der Waals surface area contributed by atoms with Gasteiger partial charge in [0, 0.05) is 37.4 Å². The topological polar surface area (TPSA) is 96.0 Å². The van der Waals surface area contributed by atoms with Gasteiger partial charge in [-0.2, -0.15) is 0 Å². The van der Waals surface area contributed by atoms with Gasteiger partial charge in [0.25, 0.3) is 15.9 Å². The van der Waals surface area contributed by atoms with Crippen LogP contribution in [-0.4, -0.2) is 62.0 Å². The lowest BCUT2D eigenvalue weighted by Gasteiger charge is -2.35. The maximum Gasteiger partial charge on any atom is 0.410 e. The van der Waals surface area contributed by atoms with E-state index in [1.54, 1.807) is 34.9 Å². The van der Waals surface area contributed by atoms with E-state index in [1.807, 2.05) is 39.8 Å². The van der Waals surface area contributed by atoms with Gasteiger partial charge in [-0.1, -0.05) is 23.8 Å². The zero-order valence-electron chi connectivity index (χ0n) is 19.7. The lowest BCUT2D eigenvalue weighted by atomic mass is 10.1. The van der Waals surface area contributed by atoms with Crippen LogP contribution < -0.4 is 4.72 Å². The van der Waals surface area contributed by atoms with E-state index in [2.05, 4.69) is 4.72 Å². The first-order valence-corrected chi connectivity index (χ1v) is 12.3. The number of rotatable bonds is 4. The maximum atomic E-state index is 13.2. The minimum absolute atomic E-state index is 0.0180. The minimum atomic E-state index is -3.86. The fourth-order valence-electron chi connectivity index (χ4n) is 3.42. The summed E-state index contributed by atoms with van der Waals surface area (Å²) in [5.41, 5.74) is 1.90. The third kappa shape index (κ3) is 6.25. The fraction of sp³-hybridized carbons (Fsp3) is 0.417. The molecule has 8 nitrogen and oxygen atoms in total. The van der Waals surface area contributed by atoms with Gasteiger partial charge in [0.05, 0.1) is 4.90 Å². The van der Waals surface area contributed by atoms with E-state index in [0.717, 1.165) is 5.56 Å². The second-order valence-corrected chi connectivity index (χ2v) is 10.9. The number of amides is 2. The summed E-state index contributed by atoms with van der Waals surface area (Å²) in [6, 6.07) is 11.6. The van der Waals surface area contributed by atoms with Crippen molar-refractivity contribution in [2.24, 2.45) is 0 Å². The predicted molar refractivity (Wildman–Crippen MR) is 127 cm³/mol. The number of benzene rings is 2. The van der Waals surface area contributed by atoms with Crippen molar-refractivity contribution in [1.82, 2.24) is 9.80 Å². The Kier molecular flexibility index (Phi) is 7.02. The van der Waals surface area contributed by atoms with Crippen LogP contribution in [0.5, 0.6) is 0 Å². The van der Waals surface area contributed by atoms with Crippen LogP contribution >= 0.6 is 0 Å². The van der Waals surface area contributed by atoms with Crippen molar-refractivity contribution in [2.45, 2.75) is 45.1 Å². The summed E-state index contributed by atoms with van der Waals surface area (Å²) in [5.74, 6) is -0.260. The van der Waals surface area contributed by atoms with Gasteiger partial charge >= 0.3 is 6.09 Å². The quantitative estimate of drug-likeness (QED) is 0.729. The number of hydrogen-bond acceptors (Lipinski definition) is 5. The van der Waals surface area contributed by atoms with E-state index in [9.17, 15) is 18.0 Å². The Balaban J connectivity index is 1.72. The van der Waals surface area contributed by atoms with Crippen LogP contribution in [-0.2, 0) is 14.8 Å². The molecule has 2 aromatic carbocycles.